The summed E-state index contributed by atoms with van der Waals surface area (Å²) in [6, 6.07) is 3.93. The normalized spacial score (nSPS) is 18.0. The minimum atomic E-state index is -0.832. The Morgan fingerprint density at radius 1 is 1.32 bits per heavy atom. The van der Waals surface area contributed by atoms with Crippen LogP contribution in [0, 0.1) is 10.1 Å². The zero-order chi connectivity index (χ0) is 22.8. The Balaban J connectivity index is 1.76. The van der Waals surface area contributed by atoms with Crippen LogP contribution in [0.15, 0.2) is 24.4 Å². The maximum atomic E-state index is 12.0. The molecule has 0 unspecified atom stereocenters. The summed E-state index contributed by atoms with van der Waals surface area (Å²) in [5, 5.41) is 27.4. The number of hydrogen-bond acceptors (Lipinski definition) is 9. The number of fused-ring (bicyclic) bond motifs is 1. The topological polar surface area (TPSA) is 149 Å². The number of nitrogens with zero attached hydrogens (tertiary/aromatic N) is 3. The van der Waals surface area contributed by atoms with Gasteiger partial charge < -0.3 is 25.2 Å². The van der Waals surface area contributed by atoms with Gasteiger partial charge in [0, 0.05) is 30.7 Å². The lowest BCUT2D eigenvalue weighted by Crippen LogP contribution is -2.49. The van der Waals surface area contributed by atoms with Crippen LogP contribution < -0.4 is 15.4 Å². The third-order valence-corrected chi connectivity index (χ3v) is 4.59. The Labute approximate surface area is 179 Å². The molecule has 166 valence electrons. The summed E-state index contributed by atoms with van der Waals surface area (Å²) in [4.78, 5) is 31.3. The second-order valence-corrected chi connectivity index (χ2v) is 8.16. The molecule has 31 heavy (non-hydrogen) atoms. The summed E-state index contributed by atoms with van der Waals surface area (Å²) < 4.78 is 10.3. The van der Waals surface area contributed by atoms with E-state index in [9.17, 15) is 20.0 Å². The fourth-order valence-electron chi connectivity index (χ4n) is 3.21. The van der Waals surface area contributed by atoms with Gasteiger partial charge in [0.15, 0.2) is 0 Å². The quantitative estimate of drug-likeness (QED) is 0.479. The number of rotatable bonds is 5. The van der Waals surface area contributed by atoms with E-state index in [0.29, 0.717) is 17.8 Å². The molecule has 2 heterocycles. The summed E-state index contributed by atoms with van der Waals surface area (Å²) in [5.74, 6) is 0.248. The molecule has 0 bridgehead atoms. The second-order valence-electron chi connectivity index (χ2n) is 8.16. The molecule has 0 saturated carbocycles. The van der Waals surface area contributed by atoms with Gasteiger partial charge in [-0.3, -0.25) is 15.1 Å². The fourth-order valence-corrected chi connectivity index (χ4v) is 3.21. The first-order chi connectivity index (χ1) is 14.6. The van der Waals surface area contributed by atoms with Crippen molar-refractivity contribution in [2.75, 3.05) is 12.4 Å². The fraction of sp³-hybridized carbons (Fsp3) is 0.450. The third-order valence-electron chi connectivity index (χ3n) is 4.59. The highest BCUT2D eigenvalue weighted by atomic mass is 16.6. The lowest BCUT2D eigenvalue weighted by atomic mass is 9.89. The van der Waals surface area contributed by atoms with Crippen molar-refractivity contribution in [2.45, 2.75) is 51.4 Å². The van der Waals surface area contributed by atoms with E-state index in [1.165, 1.54) is 25.4 Å². The van der Waals surface area contributed by atoms with E-state index < -0.39 is 28.8 Å². The number of hydrogen-bond donors (Lipinski definition) is 3. The first-order valence-corrected chi connectivity index (χ1v) is 9.67. The van der Waals surface area contributed by atoms with Gasteiger partial charge in [-0.1, -0.05) is 0 Å². The van der Waals surface area contributed by atoms with Gasteiger partial charge in [0.2, 0.25) is 11.7 Å². The summed E-state index contributed by atoms with van der Waals surface area (Å²) in [5.41, 5.74) is 1.11. The molecule has 1 amide bonds. The Morgan fingerprint density at radius 2 is 2.06 bits per heavy atom. The van der Waals surface area contributed by atoms with Crippen LogP contribution in [0.5, 0.6) is 5.88 Å². The largest absolute Gasteiger partial charge is 0.481 e. The van der Waals surface area contributed by atoms with Crippen molar-refractivity contribution in [1.29, 1.82) is 0 Å². The molecule has 3 N–H and O–H groups in total. The molecule has 1 aliphatic rings. The van der Waals surface area contributed by atoms with Crippen molar-refractivity contribution in [3.05, 3.63) is 45.8 Å². The smallest absolute Gasteiger partial charge is 0.407 e. The average Bonchev–Trinajstić information content (AvgIpc) is 2.67. The van der Waals surface area contributed by atoms with Crippen LogP contribution in [0.2, 0.25) is 0 Å². The van der Waals surface area contributed by atoms with Crippen molar-refractivity contribution < 1.29 is 24.3 Å². The van der Waals surface area contributed by atoms with Gasteiger partial charge in [0.1, 0.15) is 5.60 Å². The molecule has 0 fully saturated rings. The van der Waals surface area contributed by atoms with Crippen LogP contribution in [0.4, 0.5) is 22.0 Å². The highest BCUT2D eigenvalue weighted by Gasteiger charge is 2.31. The molecular formula is C20H25N5O6. The SMILES string of the molecule is COc1ccc([N+](=O)[O-])c(Nc2cnc3c(c2)C[C@H](O)[C@@H](NC(=O)OC(C)(C)C)C3)n1. The summed E-state index contributed by atoms with van der Waals surface area (Å²) in [6.07, 6.45) is 0.668. The van der Waals surface area contributed by atoms with Crippen molar-refractivity contribution in [3.63, 3.8) is 0 Å². The van der Waals surface area contributed by atoms with Crippen LogP contribution in [0.3, 0.4) is 0 Å². The molecule has 0 spiro atoms. The van der Waals surface area contributed by atoms with E-state index in [4.69, 9.17) is 9.47 Å². The molecule has 2 atom stereocenters. The second kappa shape index (κ2) is 8.72. The first kappa shape index (κ1) is 22.2. The van der Waals surface area contributed by atoms with Crippen molar-refractivity contribution >= 4 is 23.3 Å². The van der Waals surface area contributed by atoms with E-state index in [1.54, 1.807) is 26.8 Å². The predicted molar refractivity (Wildman–Crippen MR) is 112 cm³/mol. The number of carbonyl (C=O) groups is 1. The Bertz CT molecular complexity index is 991. The highest BCUT2D eigenvalue weighted by Crippen LogP contribution is 2.30. The lowest BCUT2D eigenvalue weighted by Gasteiger charge is -2.31. The third kappa shape index (κ3) is 5.57. The molecule has 0 aromatic carbocycles. The number of ether oxygens (including phenoxy) is 2. The Kier molecular flexibility index (Phi) is 6.25. The zero-order valence-electron chi connectivity index (χ0n) is 17.7. The predicted octanol–water partition coefficient (Wildman–Crippen LogP) is 2.49. The molecule has 11 heteroatoms. The maximum absolute atomic E-state index is 12.0. The number of nitrogens with one attached hydrogen (secondary N) is 2. The number of alkyl carbamates (subject to hydrolysis) is 1. The van der Waals surface area contributed by atoms with Crippen LogP contribution in [0.1, 0.15) is 32.0 Å². The molecular weight excluding hydrogens is 406 g/mol. The molecule has 11 nitrogen and oxygen atoms in total. The minimum absolute atomic E-state index is 0.0203. The van der Waals surface area contributed by atoms with Crippen LogP contribution in [0.25, 0.3) is 0 Å². The van der Waals surface area contributed by atoms with Gasteiger partial charge >= 0.3 is 11.8 Å². The number of pyridine rings is 2. The van der Waals surface area contributed by atoms with Crippen molar-refractivity contribution in [2.24, 2.45) is 0 Å². The number of aliphatic hydroxyl groups excluding tert-OH is 1. The van der Waals surface area contributed by atoms with Crippen LogP contribution in [-0.4, -0.2) is 50.9 Å². The molecule has 0 radical (unpaired) electrons. The summed E-state index contributed by atoms with van der Waals surface area (Å²) in [6.45, 7) is 5.28. The first-order valence-electron chi connectivity index (χ1n) is 9.67. The van der Waals surface area contributed by atoms with Gasteiger partial charge in [0.25, 0.3) is 0 Å². The zero-order valence-corrected chi connectivity index (χ0v) is 17.7. The Hall–Kier alpha value is -3.47. The lowest BCUT2D eigenvalue weighted by molar-refractivity contribution is -0.384. The molecule has 2 aromatic rings. The molecule has 0 saturated heterocycles. The number of aliphatic hydroxyl groups is 1. The standard InChI is InChI=1S/C20H25N5O6/c1-20(2,3)31-19(27)23-14-9-13-11(8-16(14)26)7-12(10-21-13)22-18-15(25(28)29)5-6-17(24-18)30-4/h5-7,10,14,16,26H,8-9H2,1-4H3,(H,22,24)(H,23,27)/t14-,16-/m0/s1. The van der Waals surface area contributed by atoms with E-state index in [-0.39, 0.29) is 23.8 Å². The highest BCUT2D eigenvalue weighted by molar-refractivity contribution is 5.69. The van der Waals surface area contributed by atoms with Gasteiger partial charge in [-0.15, -0.1) is 0 Å². The number of carbonyl (C=O) groups excluding carboxylic acids is 1. The van der Waals surface area contributed by atoms with Gasteiger partial charge in [-0.05, 0) is 32.4 Å². The van der Waals surface area contributed by atoms with Crippen molar-refractivity contribution in [1.82, 2.24) is 15.3 Å². The van der Waals surface area contributed by atoms with Gasteiger partial charge in [-0.25, -0.2) is 4.79 Å². The monoisotopic (exact) mass is 431 g/mol. The maximum Gasteiger partial charge on any atom is 0.407 e. The van der Waals surface area contributed by atoms with E-state index >= 15 is 0 Å². The molecule has 2 aromatic heterocycles. The molecule has 3 rings (SSSR count). The van der Waals surface area contributed by atoms with E-state index in [2.05, 4.69) is 20.6 Å². The number of anilines is 2. The molecule has 1 aliphatic carbocycles. The van der Waals surface area contributed by atoms with Crippen molar-refractivity contribution in [3.8, 4) is 5.88 Å². The Morgan fingerprint density at radius 3 is 2.71 bits per heavy atom. The average molecular weight is 431 g/mol. The summed E-state index contributed by atoms with van der Waals surface area (Å²) >= 11 is 0. The number of aromatic nitrogens is 2. The summed E-state index contributed by atoms with van der Waals surface area (Å²) in [7, 11) is 1.42. The number of methoxy groups -OCH3 is 1. The molecule has 0 aliphatic heterocycles. The number of nitro groups is 1. The number of amides is 1. The van der Waals surface area contributed by atoms with E-state index in [1.807, 2.05) is 0 Å². The minimum Gasteiger partial charge on any atom is -0.481 e. The van der Waals surface area contributed by atoms with Gasteiger partial charge in [-0.2, -0.15) is 4.98 Å². The van der Waals surface area contributed by atoms with E-state index in [0.717, 1.165) is 5.56 Å². The van der Waals surface area contributed by atoms with Crippen LogP contribution in [-0.2, 0) is 17.6 Å². The van der Waals surface area contributed by atoms with Gasteiger partial charge in [0.05, 0.1) is 36.1 Å². The van der Waals surface area contributed by atoms with Crippen LogP contribution >= 0.6 is 0 Å².